The fraction of sp³-hybridized carbons (Fsp3) is 0.200. The van der Waals surface area contributed by atoms with Crippen LogP contribution in [0.1, 0.15) is 16.5 Å². The van der Waals surface area contributed by atoms with Crippen molar-refractivity contribution in [3.8, 4) is 0 Å². The van der Waals surface area contributed by atoms with Gasteiger partial charge < -0.3 is 5.32 Å². The number of hydrogen-bond donors (Lipinski definition) is 1. The van der Waals surface area contributed by atoms with Gasteiger partial charge in [-0.05, 0) is 48.7 Å². The summed E-state index contributed by atoms with van der Waals surface area (Å²) in [6.45, 7) is 0. The van der Waals surface area contributed by atoms with E-state index in [1.165, 1.54) is 20.3 Å². The molecular weight excluding hydrogens is 277 g/mol. The van der Waals surface area contributed by atoms with Gasteiger partial charge in [-0.3, -0.25) is 0 Å². The van der Waals surface area contributed by atoms with Crippen molar-refractivity contribution in [2.24, 2.45) is 0 Å². The van der Waals surface area contributed by atoms with E-state index in [0.717, 1.165) is 12.0 Å². The maximum absolute atomic E-state index is 13.2. The van der Waals surface area contributed by atoms with Gasteiger partial charge in [-0.1, -0.05) is 12.1 Å². The van der Waals surface area contributed by atoms with Gasteiger partial charge in [0.15, 0.2) is 0 Å². The molecule has 3 aromatic rings. The van der Waals surface area contributed by atoms with Crippen LogP contribution >= 0.6 is 22.7 Å². The van der Waals surface area contributed by atoms with Gasteiger partial charge in [0.2, 0.25) is 0 Å². The number of halogens is 1. The topological polar surface area (TPSA) is 12.0 Å². The van der Waals surface area contributed by atoms with E-state index < -0.39 is 0 Å². The van der Waals surface area contributed by atoms with E-state index in [0.29, 0.717) is 0 Å². The fourth-order valence-corrected chi connectivity index (χ4v) is 4.43. The van der Waals surface area contributed by atoms with Crippen LogP contribution in [0.15, 0.2) is 41.8 Å². The van der Waals surface area contributed by atoms with Gasteiger partial charge in [0.1, 0.15) is 5.82 Å². The predicted molar refractivity (Wildman–Crippen MR) is 81.6 cm³/mol. The zero-order valence-corrected chi connectivity index (χ0v) is 12.2. The number of thiophene rings is 2. The molecular formula is C15H14FNS2. The van der Waals surface area contributed by atoms with Crippen molar-refractivity contribution in [3.63, 3.8) is 0 Å². The highest BCUT2D eigenvalue weighted by atomic mass is 32.1. The lowest BCUT2D eigenvalue weighted by Gasteiger charge is -2.14. The van der Waals surface area contributed by atoms with Gasteiger partial charge in [0.05, 0.1) is 0 Å². The normalized spacial score (nSPS) is 12.9. The summed E-state index contributed by atoms with van der Waals surface area (Å²) < 4.78 is 15.9. The second kappa shape index (κ2) is 5.41. The molecule has 1 N–H and O–H groups in total. The SMILES string of the molecule is CNC(Cc1cccc(F)c1)c1cc2sccc2s1. The van der Waals surface area contributed by atoms with Crippen LogP contribution in [0.3, 0.4) is 0 Å². The van der Waals surface area contributed by atoms with Crippen LogP contribution < -0.4 is 5.32 Å². The lowest BCUT2D eigenvalue weighted by Crippen LogP contribution is -2.17. The highest BCUT2D eigenvalue weighted by Gasteiger charge is 2.14. The summed E-state index contributed by atoms with van der Waals surface area (Å²) in [4.78, 5) is 1.31. The Labute approximate surface area is 119 Å². The van der Waals surface area contributed by atoms with Crippen LogP contribution in [0.2, 0.25) is 0 Å². The first-order valence-corrected chi connectivity index (χ1v) is 7.84. The minimum absolute atomic E-state index is 0.167. The van der Waals surface area contributed by atoms with Gasteiger partial charge in [-0.15, -0.1) is 22.7 Å². The number of nitrogens with one attached hydrogen (secondary N) is 1. The standard InChI is InChI=1S/C15H14FNS2/c1-17-12(8-10-3-2-4-11(16)7-10)14-9-15-13(19-14)5-6-18-15/h2-7,9,12,17H,8H2,1H3. The summed E-state index contributed by atoms with van der Waals surface area (Å²) in [6, 6.07) is 11.5. The molecule has 2 aromatic heterocycles. The molecule has 0 spiro atoms. The van der Waals surface area contributed by atoms with Gasteiger partial charge in [0, 0.05) is 20.3 Å². The Morgan fingerprint density at radius 2 is 2.11 bits per heavy atom. The monoisotopic (exact) mass is 291 g/mol. The lowest BCUT2D eigenvalue weighted by molar-refractivity contribution is 0.592. The maximum atomic E-state index is 13.2. The summed E-state index contributed by atoms with van der Waals surface area (Å²) in [5, 5.41) is 5.45. The Kier molecular flexibility index (Phi) is 3.64. The Morgan fingerprint density at radius 3 is 2.84 bits per heavy atom. The highest BCUT2D eigenvalue weighted by molar-refractivity contribution is 7.26. The molecule has 0 amide bonds. The first-order chi connectivity index (χ1) is 9.26. The Hall–Kier alpha value is -1.23. The molecule has 1 unspecified atom stereocenters. The van der Waals surface area contributed by atoms with E-state index in [-0.39, 0.29) is 11.9 Å². The third kappa shape index (κ3) is 2.71. The largest absolute Gasteiger partial charge is 0.312 e. The number of fused-ring (bicyclic) bond motifs is 1. The van der Waals surface area contributed by atoms with E-state index in [1.807, 2.05) is 24.5 Å². The third-order valence-corrected chi connectivity index (χ3v) is 5.39. The molecule has 1 aromatic carbocycles. The van der Waals surface area contributed by atoms with Crippen molar-refractivity contribution in [1.29, 1.82) is 0 Å². The van der Waals surface area contributed by atoms with Gasteiger partial charge in [-0.2, -0.15) is 0 Å². The predicted octanol–water partition coefficient (Wildman–Crippen LogP) is 4.61. The lowest BCUT2D eigenvalue weighted by atomic mass is 10.0. The number of likely N-dealkylation sites (N-methyl/N-ethyl adjacent to an activating group) is 1. The second-order valence-electron chi connectivity index (χ2n) is 4.47. The van der Waals surface area contributed by atoms with E-state index in [1.54, 1.807) is 23.5 Å². The summed E-state index contributed by atoms with van der Waals surface area (Å²) >= 11 is 3.58. The molecule has 0 saturated heterocycles. The van der Waals surface area contributed by atoms with Crippen molar-refractivity contribution in [2.75, 3.05) is 7.05 Å². The molecule has 1 atom stereocenters. The van der Waals surface area contributed by atoms with Crippen molar-refractivity contribution in [1.82, 2.24) is 5.32 Å². The molecule has 0 bridgehead atoms. The van der Waals surface area contributed by atoms with Gasteiger partial charge in [0.25, 0.3) is 0 Å². The van der Waals surface area contributed by atoms with E-state index in [9.17, 15) is 4.39 Å². The van der Waals surface area contributed by atoms with Crippen LogP contribution in [-0.4, -0.2) is 7.05 Å². The van der Waals surface area contributed by atoms with E-state index in [2.05, 4.69) is 22.8 Å². The number of rotatable bonds is 4. The molecule has 0 fully saturated rings. The highest BCUT2D eigenvalue weighted by Crippen LogP contribution is 2.34. The van der Waals surface area contributed by atoms with E-state index >= 15 is 0 Å². The molecule has 98 valence electrons. The van der Waals surface area contributed by atoms with Crippen LogP contribution in [0.4, 0.5) is 4.39 Å². The maximum Gasteiger partial charge on any atom is 0.123 e. The van der Waals surface area contributed by atoms with Crippen molar-refractivity contribution in [3.05, 3.63) is 58.0 Å². The summed E-state index contributed by atoms with van der Waals surface area (Å²) in [7, 11) is 1.96. The Morgan fingerprint density at radius 1 is 1.21 bits per heavy atom. The minimum atomic E-state index is -0.167. The minimum Gasteiger partial charge on any atom is -0.312 e. The second-order valence-corrected chi connectivity index (χ2v) is 6.54. The van der Waals surface area contributed by atoms with Crippen molar-refractivity contribution in [2.45, 2.75) is 12.5 Å². The fourth-order valence-electron chi connectivity index (χ4n) is 2.20. The smallest absolute Gasteiger partial charge is 0.123 e. The molecule has 0 aliphatic rings. The van der Waals surface area contributed by atoms with Crippen molar-refractivity contribution < 1.29 is 4.39 Å². The number of hydrogen-bond acceptors (Lipinski definition) is 3. The molecule has 1 nitrogen and oxygen atoms in total. The average molecular weight is 291 g/mol. The molecule has 19 heavy (non-hydrogen) atoms. The van der Waals surface area contributed by atoms with Gasteiger partial charge >= 0.3 is 0 Å². The molecule has 2 heterocycles. The Bertz CT molecular complexity index is 658. The zero-order valence-electron chi connectivity index (χ0n) is 10.5. The first-order valence-electron chi connectivity index (χ1n) is 6.15. The average Bonchev–Trinajstić information content (AvgIpc) is 2.96. The summed E-state index contributed by atoms with van der Waals surface area (Å²) in [5.41, 5.74) is 1.02. The van der Waals surface area contributed by atoms with Crippen LogP contribution in [0.5, 0.6) is 0 Å². The quantitative estimate of drug-likeness (QED) is 0.740. The zero-order chi connectivity index (χ0) is 13.2. The molecule has 0 aliphatic heterocycles. The molecule has 0 aliphatic carbocycles. The van der Waals surface area contributed by atoms with Crippen LogP contribution in [-0.2, 0) is 6.42 Å². The molecule has 0 saturated carbocycles. The summed E-state index contributed by atoms with van der Waals surface area (Å²) in [5.74, 6) is -0.167. The molecule has 0 radical (unpaired) electrons. The third-order valence-electron chi connectivity index (χ3n) is 3.18. The first kappa shape index (κ1) is 12.8. The van der Waals surface area contributed by atoms with Crippen LogP contribution in [0.25, 0.3) is 9.40 Å². The Balaban J connectivity index is 1.86. The molecule has 3 rings (SSSR count). The van der Waals surface area contributed by atoms with Crippen molar-refractivity contribution >= 4 is 32.1 Å². The van der Waals surface area contributed by atoms with Gasteiger partial charge in [-0.25, -0.2) is 4.39 Å². The molecule has 4 heteroatoms. The number of benzene rings is 1. The van der Waals surface area contributed by atoms with Crippen LogP contribution in [0, 0.1) is 5.82 Å². The summed E-state index contributed by atoms with van der Waals surface area (Å²) in [6.07, 6.45) is 0.808. The van der Waals surface area contributed by atoms with E-state index in [4.69, 9.17) is 0 Å².